The van der Waals surface area contributed by atoms with E-state index in [1.807, 2.05) is 86.6 Å². The second-order valence-electron chi connectivity index (χ2n) is 11.0. The molecule has 0 aliphatic carbocycles. The molecule has 3 atom stereocenters. The Labute approximate surface area is 251 Å². The molecule has 3 aromatic carbocycles. The summed E-state index contributed by atoms with van der Waals surface area (Å²) in [5.41, 5.74) is 2.31. The number of nitrogens with zero attached hydrogens (tertiary/aromatic N) is 1. The van der Waals surface area contributed by atoms with Crippen molar-refractivity contribution >= 4 is 28.7 Å². The Morgan fingerprint density at radius 2 is 1.56 bits per heavy atom. The maximum absolute atomic E-state index is 13.8. The number of aliphatic hydroxyl groups is 1. The van der Waals surface area contributed by atoms with Crippen LogP contribution in [-0.4, -0.2) is 57.7 Å². The van der Waals surface area contributed by atoms with Crippen LogP contribution in [0.15, 0.2) is 85.3 Å². The van der Waals surface area contributed by atoms with Gasteiger partial charge in [0.2, 0.25) is 11.8 Å². The van der Waals surface area contributed by atoms with E-state index in [9.17, 15) is 19.5 Å². The highest BCUT2D eigenvalue weighted by molar-refractivity contribution is 5.92. The zero-order chi connectivity index (χ0) is 30.6. The Bertz CT molecular complexity index is 1470. The normalized spacial score (nSPS) is 13.2. The lowest BCUT2D eigenvalue weighted by molar-refractivity contribution is -0.130. The maximum Gasteiger partial charge on any atom is 0.408 e. The van der Waals surface area contributed by atoms with Gasteiger partial charge >= 0.3 is 6.09 Å². The molecule has 43 heavy (non-hydrogen) atoms. The monoisotopic (exact) mass is 585 g/mol. The Morgan fingerprint density at radius 1 is 0.860 bits per heavy atom. The number of carbonyl (C=O) groups excluding carboxylic acids is 3. The summed E-state index contributed by atoms with van der Waals surface area (Å²) < 4.78 is 5.43. The lowest BCUT2D eigenvalue weighted by Gasteiger charge is -2.25. The molecule has 0 bridgehead atoms. The van der Waals surface area contributed by atoms with Gasteiger partial charge in [0.05, 0.1) is 19.0 Å². The number of hydrogen-bond donors (Lipinski definition) is 5. The number of aromatic amines is 1. The minimum atomic E-state index is -1.05. The van der Waals surface area contributed by atoms with Crippen molar-refractivity contribution in [1.29, 1.82) is 0 Å². The van der Waals surface area contributed by atoms with Crippen LogP contribution in [0.1, 0.15) is 37.1 Å². The average molecular weight is 586 g/mol. The molecule has 4 rings (SSSR count). The third-order valence-corrected chi connectivity index (χ3v) is 7.06. The van der Waals surface area contributed by atoms with E-state index < -0.39 is 36.0 Å². The summed E-state index contributed by atoms with van der Waals surface area (Å²) in [6, 6.07) is 20.3. The van der Waals surface area contributed by atoms with Crippen molar-refractivity contribution < 1.29 is 24.2 Å². The van der Waals surface area contributed by atoms with Gasteiger partial charge in [0, 0.05) is 24.7 Å². The van der Waals surface area contributed by atoms with Crippen LogP contribution < -0.4 is 16.0 Å². The van der Waals surface area contributed by atoms with Crippen LogP contribution >= 0.6 is 0 Å². The predicted octanol–water partition coefficient (Wildman–Crippen LogP) is 3.65. The molecular weight excluding hydrogens is 546 g/mol. The molecule has 10 heteroatoms. The van der Waals surface area contributed by atoms with Crippen LogP contribution in [0.4, 0.5) is 4.79 Å². The molecule has 10 nitrogen and oxygen atoms in total. The molecule has 1 heterocycles. The number of alkyl carbamates (subject to hydrolysis) is 1. The van der Waals surface area contributed by atoms with E-state index in [0.717, 1.165) is 21.9 Å². The number of amides is 3. The fourth-order valence-electron chi connectivity index (χ4n) is 4.95. The fraction of sp³-hybridized carbons (Fsp3) is 0.333. The second kappa shape index (κ2) is 15.5. The van der Waals surface area contributed by atoms with Gasteiger partial charge in [-0.05, 0) is 34.2 Å². The average Bonchev–Trinajstić information content (AvgIpc) is 3.52. The smallest absolute Gasteiger partial charge is 0.408 e. The molecule has 5 N–H and O–H groups in total. The van der Waals surface area contributed by atoms with Crippen molar-refractivity contribution in [3.8, 4) is 0 Å². The fourth-order valence-corrected chi connectivity index (χ4v) is 4.95. The zero-order valence-electron chi connectivity index (χ0n) is 24.5. The first-order chi connectivity index (χ1) is 20.8. The van der Waals surface area contributed by atoms with Gasteiger partial charge in [0.15, 0.2) is 0 Å². The van der Waals surface area contributed by atoms with E-state index in [-0.39, 0.29) is 32.0 Å². The first kappa shape index (κ1) is 31.2. The van der Waals surface area contributed by atoms with Crippen molar-refractivity contribution in [3.63, 3.8) is 0 Å². The van der Waals surface area contributed by atoms with Crippen LogP contribution in [-0.2, 0) is 33.8 Å². The van der Waals surface area contributed by atoms with E-state index in [4.69, 9.17) is 4.74 Å². The van der Waals surface area contributed by atoms with Crippen LogP contribution in [0.5, 0.6) is 0 Å². The van der Waals surface area contributed by atoms with Crippen LogP contribution in [0, 0.1) is 5.92 Å². The van der Waals surface area contributed by atoms with Crippen molar-refractivity contribution in [1.82, 2.24) is 25.9 Å². The van der Waals surface area contributed by atoms with Crippen LogP contribution in [0.2, 0.25) is 0 Å². The number of aromatic nitrogens is 2. The van der Waals surface area contributed by atoms with Crippen molar-refractivity contribution in [2.24, 2.45) is 5.92 Å². The summed E-state index contributed by atoms with van der Waals surface area (Å²) >= 11 is 0. The lowest BCUT2D eigenvalue weighted by atomic mass is 9.98. The summed E-state index contributed by atoms with van der Waals surface area (Å²) in [4.78, 5) is 47.1. The van der Waals surface area contributed by atoms with E-state index in [1.165, 1.54) is 6.33 Å². The van der Waals surface area contributed by atoms with Crippen molar-refractivity contribution in [2.45, 2.75) is 57.8 Å². The highest BCUT2D eigenvalue weighted by Gasteiger charge is 2.29. The quantitative estimate of drug-likeness (QED) is 0.153. The SMILES string of the molecule is CC(C)C[C@@H](CO)NC(=O)C(Cc1cnc[nH]1)NC(=O)[C@H](Cc1cccc2ccccc12)NC(=O)OCc1ccccc1. The van der Waals surface area contributed by atoms with E-state index in [1.54, 1.807) is 6.20 Å². The summed E-state index contributed by atoms with van der Waals surface area (Å²) in [6.07, 6.45) is 3.20. The van der Waals surface area contributed by atoms with Crippen LogP contribution in [0.25, 0.3) is 10.8 Å². The highest BCUT2D eigenvalue weighted by Crippen LogP contribution is 2.20. The number of nitrogens with one attached hydrogen (secondary N) is 4. The van der Waals surface area contributed by atoms with Gasteiger partial charge in [-0.3, -0.25) is 9.59 Å². The Balaban J connectivity index is 1.55. The zero-order valence-corrected chi connectivity index (χ0v) is 24.5. The number of benzene rings is 3. The maximum atomic E-state index is 13.8. The highest BCUT2D eigenvalue weighted by atomic mass is 16.5. The van der Waals surface area contributed by atoms with Gasteiger partial charge in [-0.25, -0.2) is 9.78 Å². The van der Waals surface area contributed by atoms with Crippen LogP contribution in [0.3, 0.4) is 0 Å². The lowest BCUT2D eigenvalue weighted by Crippen LogP contribution is -2.56. The molecular formula is C33H39N5O5. The molecule has 0 saturated heterocycles. The number of hydrogen-bond acceptors (Lipinski definition) is 6. The summed E-state index contributed by atoms with van der Waals surface area (Å²) in [6.45, 7) is 3.81. The molecule has 0 fully saturated rings. The molecule has 0 radical (unpaired) electrons. The molecule has 0 aliphatic heterocycles. The number of carbonyl (C=O) groups is 3. The second-order valence-corrected chi connectivity index (χ2v) is 11.0. The number of imidazole rings is 1. The first-order valence-corrected chi connectivity index (χ1v) is 14.4. The Hall–Kier alpha value is -4.70. The summed E-state index contributed by atoms with van der Waals surface area (Å²) in [5.74, 6) is -0.749. The number of H-pyrrole nitrogens is 1. The van der Waals surface area contributed by atoms with Gasteiger partial charge < -0.3 is 30.8 Å². The minimum absolute atomic E-state index is 0.0402. The molecule has 226 valence electrons. The molecule has 0 spiro atoms. The van der Waals surface area contributed by atoms with Gasteiger partial charge in [0.1, 0.15) is 18.7 Å². The van der Waals surface area contributed by atoms with Gasteiger partial charge in [-0.1, -0.05) is 86.6 Å². The van der Waals surface area contributed by atoms with Gasteiger partial charge in [-0.2, -0.15) is 0 Å². The molecule has 1 aromatic heterocycles. The number of fused-ring (bicyclic) bond motifs is 1. The van der Waals surface area contributed by atoms with E-state index >= 15 is 0 Å². The Kier molecular flexibility index (Phi) is 11.3. The third kappa shape index (κ3) is 9.40. The Morgan fingerprint density at radius 3 is 2.28 bits per heavy atom. The largest absolute Gasteiger partial charge is 0.445 e. The van der Waals surface area contributed by atoms with Gasteiger partial charge in [-0.15, -0.1) is 0 Å². The van der Waals surface area contributed by atoms with Crippen molar-refractivity contribution in [3.05, 3.63) is 102 Å². The molecule has 1 unspecified atom stereocenters. The minimum Gasteiger partial charge on any atom is -0.445 e. The third-order valence-electron chi connectivity index (χ3n) is 7.06. The van der Waals surface area contributed by atoms with E-state index in [0.29, 0.717) is 12.1 Å². The van der Waals surface area contributed by atoms with Crippen molar-refractivity contribution in [2.75, 3.05) is 6.61 Å². The molecule has 4 aromatic rings. The first-order valence-electron chi connectivity index (χ1n) is 14.4. The molecule has 0 aliphatic rings. The van der Waals surface area contributed by atoms with Gasteiger partial charge in [0.25, 0.3) is 0 Å². The standard InChI is InChI=1S/C33H39N5O5/c1-22(2)15-27(19-39)36-31(40)30(17-26-18-34-21-35-26)37-32(41)29(38-33(42)43-20-23-9-4-3-5-10-23)16-25-13-8-12-24-11-6-7-14-28(24)25/h3-14,18,21-22,27,29-30,39H,15-17,19-20H2,1-2H3,(H,34,35)(H,36,40)(H,37,41)(H,38,42)/t27-,29-,30?/m0/s1. The summed E-state index contributed by atoms with van der Waals surface area (Å²) in [5, 5.41) is 20.2. The predicted molar refractivity (Wildman–Crippen MR) is 164 cm³/mol. The number of rotatable bonds is 14. The van der Waals surface area contributed by atoms with E-state index in [2.05, 4.69) is 25.9 Å². The number of ether oxygens (including phenoxy) is 1. The number of aliphatic hydroxyl groups excluding tert-OH is 1. The topological polar surface area (TPSA) is 145 Å². The molecule has 0 saturated carbocycles. The summed E-state index contributed by atoms with van der Waals surface area (Å²) in [7, 11) is 0. The molecule has 3 amide bonds.